The van der Waals surface area contributed by atoms with E-state index in [1.54, 1.807) is 6.20 Å². The van der Waals surface area contributed by atoms with Gasteiger partial charge in [0.1, 0.15) is 16.6 Å². The largest absolute Gasteiger partial charge is 0.360 e. The van der Waals surface area contributed by atoms with E-state index in [0.29, 0.717) is 5.57 Å². The molecule has 2 aromatic carbocycles. The number of anilines is 1. The van der Waals surface area contributed by atoms with Crippen molar-refractivity contribution in [2.24, 2.45) is 0 Å². The van der Waals surface area contributed by atoms with Crippen LogP contribution in [0.25, 0.3) is 15.8 Å². The Hall–Kier alpha value is -2.64. The summed E-state index contributed by atoms with van der Waals surface area (Å²) in [5.41, 5.74) is 4.82. The van der Waals surface area contributed by atoms with Gasteiger partial charge in [0, 0.05) is 11.9 Å². The number of aromatic nitrogens is 1. The number of allylic oxidation sites excluding steroid dienone is 1. The van der Waals surface area contributed by atoms with Crippen molar-refractivity contribution in [1.29, 1.82) is 5.26 Å². The van der Waals surface area contributed by atoms with Crippen LogP contribution in [0.3, 0.4) is 0 Å². The maximum atomic E-state index is 9.40. The lowest BCUT2D eigenvalue weighted by atomic mass is 10.1. The Labute approximate surface area is 133 Å². The Bertz CT molecular complexity index is 847. The van der Waals surface area contributed by atoms with Crippen LogP contribution in [-0.2, 0) is 0 Å². The number of hydrogen-bond donors (Lipinski definition) is 1. The average molecular weight is 305 g/mol. The molecule has 3 aromatic rings. The summed E-state index contributed by atoms with van der Waals surface area (Å²) in [6.45, 7) is 4.11. The number of aryl methyl sites for hydroxylation is 2. The molecular weight excluding hydrogens is 290 g/mol. The second kappa shape index (κ2) is 6.00. The standard InChI is InChI=1S/C18H15N3S/c1-12-7-13(2)9-15(8-12)20-11-14(10-19)18-21-16-5-3-4-6-17(16)22-18/h3-9,11,20H,1-2H3. The summed E-state index contributed by atoms with van der Waals surface area (Å²) in [5, 5.41) is 13.3. The first-order valence-corrected chi connectivity index (χ1v) is 7.78. The summed E-state index contributed by atoms with van der Waals surface area (Å²) in [6.07, 6.45) is 1.73. The Morgan fingerprint density at radius 2 is 1.91 bits per heavy atom. The Balaban J connectivity index is 1.91. The molecule has 0 spiro atoms. The maximum Gasteiger partial charge on any atom is 0.136 e. The molecule has 22 heavy (non-hydrogen) atoms. The second-order valence-electron chi connectivity index (χ2n) is 5.18. The minimum Gasteiger partial charge on any atom is -0.360 e. The molecule has 0 unspecified atom stereocenters. The Kier molecular flexibility index (Phi) is 3.90. The van der Waals surface area contributed by atoms with Crippen LogP contribution < -0.4 is 5.32 Å². The topological polar surface area (TPSA) is 48.7 Å². The van der Waals surface area contributed by atoms with Crippen molar-refractivity contribution in [1.82, 2.24) is 4.98 Å². The number of nitrogens with one attached hydrogen (secondary N) is 1. The van der Waals surface area contributed by atoms with E-state index >= 15 is 0 Å². The van der Waals surface area contributed by atoms with Crippen molar-refractivity contribution in [3.63, 3.8) is 0 Å². The molecule has 3 rings (SSSR count). The van der Waals surface area contributed by atoms with Gasteiger partial charge in [-0.05, 0) is 49.2 Å². The summed E-state index contributed by atoms with van der Waals surface area (Å²) in [5.74, 6) is 0. The molecule has 0 atom stereocenters. The number of rotatable bonds is 3. The van der Waals surface area contributed by atoms with E-state index in [2.05, 4.69) is 48.4 Å². The van der Waals surface area contributed by atoms with Crippen LogP contribution in [0, 0.1) is 25.2 Å². The van der Waals surface area contributed by atoms with E-state index in [1.807, 2.05) is 24.3 Å². The molecule has 4 heteroatoms. The third-order valence-electron chi connectivity index (χ3n) is 3.25. The summed E-state index contributed by atoms with van der Waals surface area (Å²) >= 11 is 1.53. The number of thiazole rings is 1. The molecule has 0 saturated carbocycles. The first kappa shape index (κ1) is 14.3. The third kappa shape index (κ3) is 3.00. The van der Waals surface area contributed by atoms with Crippen molar-refractivity contribution in [2.45, 2.75) is 13.8 Å². The average Bonchev–Trinajstić information content (AvgIpc) is 2.90. The van der Waals surface area contributed by atoms with Crippen molar-refractivity contribution in [3.05, 3.63) is 64.8 Å². The van der Waals surface area contributed by atoms with Crippen LogP contribution in [-0.4, -0.2) is 4.98 Å². The minimum absolute atomic E-state index is 0.542. The van der Waals surface area contributed by atoms with Gasteiger partial charge in [-0.3, -0.25) is 0 Å². The smallest absolute Gasteiger partial charge is 0.136 e. The molecule has 1 N–H and O–H groups in total. The fraction of sp³-hybridized carbons (Fsp3) is 0.111. The van der Waals surface area contributed by atoms with E-state index in [-0.39, 0.29) is 0 Å². The zero-order chi connectivity index (χ0) is 15.5. The van der Waals surface area contributed by atoms with E-state index in [4.69, 9.17) is 0 Å². The molecule has 0 radical (unpaired) electrons. The second-order valence-corrected chi connectivity index (χ2v) is 6.21. The predicted octanol–water partition coefficient (Wildman–Crippen LogP) is 4.89. The molecule has 0 saturated heterocycles. The summed E-state index contributed by atoms with van der Waals surface area (Å²) in [4.78, 5) is 4.52. The van der Waals surface area contributed by atoms with Crippen molar-refractivity contribution < 1.29 is 0 Å². The Morgan fingerprint density at radius 1 is 1.18 bits per heavy atom. The fourth-order valence-electron chi connectivity index (χ4n) is 2.34. The number of nitriles is 1. The van der Waals surface area contributed by atoms with Crippen LogP contribution in [0.15, 0.2) is 48.7 Å². The van der Waals surface area contributed by atoms with Crippen LogP contribution >= 0.6 is 11.3 Å². The van der Waals surface area contributed by atoms with Crippen molar-refractivity contribution in [3.8, 4) is 6.07 Å². The lowest BCUT2D eigenvalue weighted by Gasteiger charge is -2.04. The fourth-order valence-corrected chi connectivity index (χ4v) is 3.27. The highest BCUT2D eigenvalue weighted by Crippen LogP contribution is 2.26. The van der Waals surface area contributed by atoms with Gasteiger partial charge in [0.05, 0.1) is 10.2 Å². The van der Waals surface area contributed by atoms with Gasteiger partial charge in [0.15, 0.2) is 0 Å². The molecule has 0 amide bonds. The zero-order valence-electron chi connectivity index (χ0n) is 12.4. The highest BCUT2D eigenvalue weighted by molar-refractivity contribution is 7.19. The molecule has 0 aliphatic carbocycles. The van der Waals surface area contributed by atoms with Gasteiger partial charge in [0.2, 0.25) is 0 Å². The number of para-hydroxylation sites is 1. The van der Waals surface area contributed by atoms with Crippen molar-refractivity contribution >= 4 is 32.8 Å². The lowest BCUT2D eigenvalue weighted by molar-refractivity contribution is 1.37. The van der Waals surface area contributed by atoms with Gasteiger partial charge in [-0.2, -0.15) is 5.26 Å². The highest BCUT2D eigenvalue weighted by Gasteiger charge is 2.08. The van der Waals surface area contributed by atoms with Gasteiger partial charge in [-0.15, -0.1) is 11.3 Å². The van der Waals surface area contributed by atoms with E-state index in [0.717, 1.165) is 20.9 Å². The van der Waals surface area contributed by atoms with E-state index in [9.17, 15) is 5.26 Å². The molecule has 0 bridgehead atoms. The SMILES string of the molecule is Cc1cc(C)cc(NC=C(C#N)c2nc3ccccc3s2)c1. The molecule has 0 aliphatic rings. The monoisotopic (exact) mass is 305 g/mol. The summed E-state index contributed by atoms with van der Waals surface area (Å²) in [6, 6.07) is 16.4. The number of benzene rings is 2. The highest BCUT2D eigenvalue weighted by atomic mass is 32.1. The number of hydrogen-bond acceptors (Lipinski definition) is 4. The number of fused-ring (bicyclic) bond motifs is 1. The van der Waals surface area contributed by atoms with Crippen LogP contribution in [0.1, 0.15) is 16.1 Å². The van der Waals surface area contributed by atoms with Crippen molar-refractivity contribution in [2.75, 3.05) is 5.32 Å². The molecule has 1 aromatic heterocycles. The normalized spacial score (nSPS) is 11.4. The molecule has 108 valence electrons. The molecule has 0 fully saturated rings. The lowest BCUT2D eigenvalue weighted by Crippen LogP contribution is -1.92. The molecule has 3 nitrogen and oxygen atoms in total. The van der Waals surface area contributed by atoms with Gasteiger partial charge >= 0.3 is 0 Å². The quantitative estimate of drug-likeness (QED) is 0.701. The predicted molar refractivity (Wildman–Crippen MR) is 92.7 cm³/mol. The Morgan fingerprint density at radius 3 is 2.59 bits per heavy atom. The zero-order valence-corrected chi connectivity index (χ0v) is 13.2. The molecule has 1 heterocycles. The maximum absolute atomic E-state index is 9.40. The van der Waals surface area contributed by atoms with Gasteiger partial charge in [-0.1, -0.05) is 18.2 Å². The van der Waals surface area contributed by atoms with E-state index in [1.165, 1.54) is 22.5 Å². The van der Waals surface area contributed by atoms with Crippen LogP contribution in [0.5, 0.6) is 0 Å². The first-order valence-electron chi connectivity index (χ1n) is 6.97. The summed E-state index contributed by atoms with van der Waals surface area (Å²) in [7, 11) is 0. The first-order chi connectivity index (χ1) is 10.7. The van der Waals surface area contributed by atoms with Crippen LogP contribution in [0.2, 0.25) is 0 Å². The van der Waals surface area contributed by atoms with Crippen LogP contribution in [0.4, 0.5) is 5.69 Å². The van der Waals surface area contributed by atoms with Gasteiger partial charge in [-0.25, -0.2) is 4.98 Å². The third-order valence-corrected chi connectivity index (χ3v) is 4.32. The molecular formula is C18H15N3S. The number of nitrogens with zero attached hydrogens (tertiary/aromatic N) is 2. The van der Waals surface area contributed by atoms with Gasteiger partial charge in [0.25, 0.3) is 0 Å². The van der Waals surface area contributed by atoms with E-state index < -0.39 is 0 Å². The summed E-state index contributed by atoms with van der Waals surface area (Å²) < 4.78 is 1.09. The van der Waals surface area contributed by atoms with Gasteiger partial charge < -0.3 is 5.32 Å². The minimum atomic E-state index is 0.542. The molecule has 0 aliphatic heterocycles.